The number of halogens is 1. The van der Waals surface area contributed by atoms with Crippen molar-refractivity contribution in [2.45, 2.75) is 33.3 Å². The van der Waals surface area contributed by atoms with Crippen LogP contribution in [0.25, 0.3) is 0 Å². The Hall–Kier alpha value is -0.870. The average molecular weight is 244 g/mol. The molecule has 1 unspecified atom stereocenters. The predicted molar refractivity (Wildman–Crippen MR) is 66.0 cm³/mol. The molecular formula is C11H18ClN3O. The van der Waals surface area contributed by atoms with Gasteiger partial charge in [0.1, 0.15) is 17.3 Å². The van der Waals surface area contributed by atoms with Gasteiger partial charge in [-0.3, -0.25) is 0 Å². The first kappa shape index (κ1) is 13.2. The Morgan fingerprint density at radius 3 is 2.81 bits per heavy atom. The van der Waals surface area contributed by atoms with Crippen LogP contribution >= 0.6 is 11.6 Å². The van der Waals surface area contributed by atoms with Crippen molar-refractivity contribution >= 4 is 17.4 Å². The standard InChI is InChI=1S/C11H18ClN3O/c1-4-9-10(12)14-7-15-11(9)13-6-8(3)16-5-2/h7-8H,4-6H2,1-3H3,(H,13,14,15). The molecule has 1 aromatic rings. The highest BCUT2D eigenvalue weighted by Crippen LogP contribution is 2.19. The highest BCUT2D eigenvalue weighted by Gasteiger charge is 2.08. The molecule has 1 N–H and O–H groups in total. The van der Waals surface area contributed by atoms with Gasteiger partial charge < -0.3 is 10.1 Å². The zero-order valence-electron chi connectivity index (χ0n) is 9.96. The third-order valence-electron chi connectivity index (χ3n) is 2.25. The van der Waals surface area contributed by atoms with Gasteiger partial charge in [-0.15, -0.1) is 0 Å². The monoisotopic (exact) mass is 243 g/mol. The number of nitrogens with zero attached hydrogens (tertiary/aromatic N) is 2. The molecule has 90 valence electrons. The Labute approximate surface area is 101 Å². The van der Waals surface area contributed by atoms with Crippen molar-refractivity contribution in [2.75, 3.05) is 18.5 Å². The summed E-state index contributed by atoms with van der Waals surface area (Å²) in [6.45, 7) is 7.46. The fraction of sp³-hybridized carbons (Fsp3) is 0.636. The molecule has 1 aromatic heterocycles. The summed E-state index contributed by atoms with van der Waals surface area (Å²) >= 11 is 5.98. The number of nitrogens with one attached hydrogen (secondary N) is 1. The second-order valence-corrected chi connectivity index (χ2v) is 3.85. The van der Waals surface area contributed by atoms with Crippen molar-refractivity contribution < 1.29 is 4.74 Å². The van der Waals surface area contributed by atoms with Crippen LogP contribution in [0.1, 0.15) is 26.3 Å². The third-order valence-corrected chi connectivity index (χ3v) is 2.58. The van der Waals surface area contributed by atoms with Crippen LogP contribution in [0.2, 0.25) is 5.15 Å². The van der Waals surface area contributed by atoms with E-state index in [9.17, 15) is 0 Å². The molecule has 0 aromatic carbocycles. The van der Waals surface area contributed by atoms with Gasteiger partial charge >= 0.3 is 0 Å². The summed E-state index contributed by atoms with van der Waals surface area (Å²) in [6, 6.07) is 0. The van der Waals surface area contributed by atoms with E-state index >= 15 is 0 Å². The molecule has 0 radical (unpaired) electrons. The molecular weight excluding hydrogens is 226 g/mol. The summed E-state index contributed by atoms with van der Waals surface area (Å²) in [6.07, 6.45) is 2.43. The predicted octanol–water partition coefficient (Wildman–Crippen LogP) is 2.53. The SMILES string of the molecule is CCOC(C)CNc1ncnc(Cl)c1CC. The van der Waals surface area contributed by atoms with E-state index in [4.69, 9.17) is 16.3 Å². The van der Waals surface area contributed by atoms with Gasteiger partial charge in [0.25, 0.3) is 0 Å². The molecule has 0 saturated carbocycles. The lowest BCUT2D eigenvalue weighted by atomic mass is 10.2. The molecule has 0 amide bonds. The van der Waals surface area contributed by atoms with E-state index in [2.05, 4.69) is 15.3 Å². The number of anilines is 1. The molecule has 0 aliphatic rings. The lowest BCUT2D eigenvalue weighted by molar-refractivity contribution is 0.0854. The average Bonchev–Trinajstić information content (AvgIpc) is 2.27. The Bertz CT molecular complexity index is 333. The summed E-state index contributed by atoms with van der Waals surface area (Å²) in [4.78, 5) is 8.14. The summed E-state index contributed by atoms with van der Waals surface area (Å²) in [5.74, 6) is 0.800. The Balaban J connectivity index is 2.63. The van der Waals surface area contributed by atoms with Crippen LogP contribution in [0.3, 0.4) is 0 Å². The number of aromatic nitrogens is 2. The zero-order valence-corrected chi connectivity index (χ0v) is 10.7. The number of hydrogen-bond donors (Lipinski definition) is 1. The second kappa shape index (κ2) is 6.66. The van der Waals surface area contributed by atoms with Crippen LogP contribution in [0, 0.1) is 0 Å². The van der Waals surface area contributed by atoms with Gasteiger partial charge in [0.2, 0.25) is 0 Å². The summed E-state index contributed by atoms with van der Waals surface area (Å²) < 4.78 is 5.43. The van der Waals surface area contributed by atoms with Crippen LogP contribution in [-0.4, -0.2) is 29.2 Å². The number of hydrogen-bond acceptors (Lipinski definition) is 4. The van der Waals surface area contributed by atoms with Gasteiger partial charge in [-0.25, -0.2) is 9.97 Å². The van der Waals surface area contributed by atoms with Gasteiger partial charge in [-0.2, -0.15) is 0 Å². The molecule has 5 heteroatoms. The Morgan fingerprint density at radius 2 is 2.19 bits per heavy atom. The van der Waals surface area contributed by atoms with E-state index in [1.54, 1.807) is 0 Å². The summed E-state index contributed by atoms with van der Waals surface area (Å²) in [5, 5.41) is 3.75. The van der Waals surface area contributed by atoms with Crippen molar-refractivity contribution in [1.29, 1.82) is 0 Å². The van der Waals surface area contributed by atoms with E-state index < -0.39 is 0 Å². The summed E-state index contributed by atoms with van der Waals surface area (Å²) in [5.41, 5.74) is 0.952. The fourth-order valence-corrected chi connectivity index (χ4v) is 1.71. The van der Waals surface area contributed by atoms with Crippen molar-refractivity contribution in [2.24, 2.45) is 0 Å². The van der Waals surface area contributed by atoms with Crippen LogP contribution in [0.15, 0.2) is 6.33 Å². The molecule has 1 rings (SSSR count). The molecule has 4 nitrogen and oxygen atoms in total. The van der Waals surface area contributed by atoms with Gasteiger partial charge in [0.05, 0.1) is 6.10 Å². The van der Waals surface area contributed by atoms with Crippen molar-refractivity contribution in [3.63, 3.8) is 0 Å². The maximum absolute atomic E-state index is 5.98. The smallest absolute Gasteiger partial charge is 0.137 e. The molecule has 1 atom stereocenters. The van der Waals surface area contributed by atoms with Gasteiger partial charge in [0.15, 0.2) is 0 Å². The lowest BCUT2D eigenvalue weighted by Gasteiger charge is -2.15. The van der Waals surface area contributed by atoms with Gasteiger partial charge in [-0.1, -0.05) is 18.5 Å². The molecule has 0 saturated heterocycles. The maximum atomic E-state index is 5.98. The number of rotatable bonds is 6. The molecule has 0 spiro atoms. The first-order valence-corrected chi connectivity index (χ1v) is 5.91. The summed E-state index contributed by atoms with van der Waals surface area (Å²) in [7, 11) is 0. The van der Waals surface area contributed by atoms with Gasteiger partial charge in [0, 0.05) is 18.7 Å². The van der Waals surface area contributed by atoms with Crippen LogP contribution < -0.4 is 5.32 Å². The van der Waals surface area contributed by atoms with Crippen molar-refractivity contribution in [3.05, 3.63) is 17.0 Å². The minimum Gasteiger partial charge on any atom is -0.377 e. The number of ether oxygens (including phenoxy) is 1. The Kier molecular flexibility index (Phi) is 5.49. The Morgan fingerprint density at radius 1 is 1.44 bits per heavy atom. The van der Waals surface area contributed by atoms with E-state index in [1.165, 1.54) is 6.33 Å². The quantitative estimate of drug-likeness (QED) is 0.780. The third kappa shape index (κ3) is 3.61. The minimum atomic E-state index is 0.156. The topological polar surface area (TPSA) is 47.0 Å². The molecule has 0 bridgehead atoms. The highest BCUT2D eigenvalue weighted by atomic mass is 35.5. The molecule has 0 aliphatic heterocycles. The van der Waals surface area contributed by atoms with E-state index in [1.807, 2.05) is 20.8 Å². The molecule has 0 fully saturated rings. The first-order valence-electron chi connectivity index (χ1n) is 5.53. The fourth-order valence-electron chi connectivity index (χ4n) is 1.44. The van der Waals surface area contributed by atoms with Gasteiger partial charge in [-0.05, 0) is 20.3 Å². The van der Waals surface area contributed by atoms with E-state index in [-0.39, 0.29) is 6.10 Å². The van der Waals surface area contributed by atoms with E-state index in [0.29, 0.717) is 18.3 Å². The van der Waals surface area contributed by atoms with Crippen LogP contribution in [0.5, 0.6) is 0 Å². The molecule has 0 aliphatic carbocycles. The zero-order chi connectivity index (χ0) is 12.0. The van der Waals surface area contributed by atoms with Crippen molar-refractivity contribution in [1.82, 2.24) is 9.97 Å². The minimum absolute atomic E-state index is 0.156. The van der Waals surface area contributed by atoms with Crippen LogP contribution in [-0.2, 0) is 11.2 Å². The second-order valence-electron chi connectivity index (χ2n) is 3.49. The highest BCUT2D eigenvalue weighted by molar-refractivity contribution is 6.30. The molecule has 1 heterocycles. The van der Waals surface area contributed by atoms with Crippen molar-refractivity contribution in [3.8, 4) is 0 Å². The first-order chi connectivity index (χ1) is 7.69. The molecule has 16 heavy (non-hydrogen) atoms. The normalized spacial score (nSPS) is 12.5. The largest absolute Gasteiger partial charge is 0.377 e. The lowest BCUT2D eigenvalue weighted by Crippen LogP contribution is -2.21. The van der Waals surface area contributed by atoms with E-state index in [0.717, 1.165) is 17.8 Å². The van der Waals surface area contributed by atoms with Crippen LogP contribution in [0.4, 0.5) is 5.82 Å². The maximum Gasteiger partial charge on any atom is 0.137 e.